The van der Waals surface area contributed by atoms with Crippen LogP contribution in [-0.2, 0) is 0 Å². The lowest BCUT2D eigenvalue weighted by Crippen LogP contribution is -2.27. The maximum atomic E-state index is 12.8. The number of fused-ring (bicyclic) bond motifs is 1. The predicted molar refractivity (Wildman–Crippen MR) is 107 cm³/mol. The molecule has 1 aromatic heterocycles. The van der Waals surface area contributed by atoms with Crippen molar-refractivity contribution in [1.29, 1.82) is 0 Å². The maximum absolute atomic E-state index is 12.8. The largest absolute Gasteiger partial charge is 0.497 e. The van der Waals surface area contributed by atoms with Crippen LogP contribution in [-0.4, -0.2) is 31.7 Å². The molecule has 0 aliphatic heterocycles. The van der Waals surface area contributed by atoms with Gasteiger partial charge in [-0.05, 0) is 30.2 Å². The van der Waals surface area contributed by atoms with Gasteiger partial charge in [0.15, 0.2) is 0 Å². The van der Waals surface area contributed by atoms with E-state index in [0.717, 1.165) is 16.5 Å². The van der Waals surface area contributed by atoms with Crippen molar-refractivity contribution in [2.75, 3.05) is 20.8 Å². The first-order valence-electron chi connectivity index (χ1n) is 8.94. The van der Waals surface area contributed by atoms with Crippen LogP contribution in [0.15, 0.2) is 48.5 Å². The molecule has 1 amide bonds. The van der Waals surface area contributed by atoms with Crippen molar-refractivity contribution in [3.63, 3.8) is 0 Å². The Morgan fingerprint density at radius 1 is 1.07 bits per heavy atom. The Morgan fingerprint density at radius 3 is 2.56 bits per heavy atom. The van der Waals surface area contributed by atoms with Crippen LogP contribution in [0.5, 0.6) is 11.5 Å². The Kier molecular flexibility index (Phi) is 5.60. The van der Waals surface area contributed by atoms with E-state index in [-0.39, 0.29) is 5.91 Å². The molecule has 0 aliphatic carbocycles. The smallest absolute Gasteiger partial charge is 0.252 e. The molecule has 0 spiro atoms. The fourth-order valence-corrected chi connectivity index (χ4v) is 2.90. The molecule has 0 radical (unpaired) electrons. The van der Waals surface area contributed by atoms with Crippen LogP contribution >= 0.6 is 0 Å². The minimum atomic E-state index is -0.101. The molecule has 0 unspecified atom stereocenters. The van der Waals surface area contributed by atoms with Gasteiger partial charge in [0, 0.05) is 23.6 Å². The first-order chi connectivity index (χ1) is 13.0. The summed E-state index contributed by atoms with van der Waals surface area (Å²) < 4.78 is 10.8. The van der Waals surface area contributed by atoms with Crippen molar-refractivity contribution in [1.82, 2.24) is 10.3 Å². The highest BCUT2D eigenvalue weighted by Crippen LogP contribution is 2.34. The van der Waals surface area contributed by atoms with Crippen LogP contribution in [0.25, 0.3) is 22.2 Å². The van der Waals surface area contributed by atoms with Gasteiger partial charge in [-0.3, -0.25) is 4.79 Å². The fraction of sp³-hybridized carbons (Fsp3) is 0.273. The SMILES string of the molecule is COc1ccc(-c2cc(C(=O)NCC(C)C)c3ccccc3n2)c(OC)c1. The summed E-state index contributed by atoms with van der Waals surface area (Å²) in [7, 11) is 3.22. The van der Waals surface area contributed by atoms with E-state index >= 15 is 0 Å². The van der Waals surface area contributed by atoms with Crippen LogP contribution in [0.2, 0.25) is 0 Å². The molecule has 3 rings (SSSR count). The van der Waals surface area contributed by atoms with Crippen LogP contribution < -0.4 is 14.8 Å². The molecule has 0 atom stereocenters. The number of nitrogens with zero attached hydrogens (tertiary/aromatic N) is 1. The molecule has 5 heteroatoms. The summed E-state index contributed by atoms with van der Waals surface area (Å²) in [5.74, 6) is 1.62. The molecule has 1 N–H and O–H groups in total. The fourth-order valence-electron chi connectivity index (χ4n) is 2.90. The van der Waals surface area contributed by atoms with Crippen LogP contribution in [0, 0.1) is 5.92 Å². The Hall–Kier alpha value is -3.08. The topological polar surface area (TPSA) is 60.5 Å². The zero-order chi connectivity index (χ0) is 19.4. The minimum Gasteiger partial charge on any atom is -0.497 e. The first kappa shape index (κ1) is 18.7. The summed E-state index contributed by atoms with van der Waals surface area (Å²) in [6.07, 6.45) is 0. The number of ether oxygens (including phenoxy) is 2. The lowest BCUT2D eigenvalue weighted by molar-refractivity contribution is 0.0950. The van der Waals surface area contributed by atoms with Crippen molar-refractivity contribution >= 4 is 16.8 Å². The Bertz CT molecular complexity index is 967. The van der Waals surface area contributed by atoms with Crippen molar-refractivity contribution in [2.45, 2.75) is 13.8 Å². The molecular formula is C22H24N2O3. The zero-order valence-electron chi connectivity index (χ0n) is 16.1. The van der Waals surface area contributed by atoms with Gasteiger partial charge in [-0.25, -0.2) is 4.98 Å². The molecule has 0 bridgehead atoms. The summed E-state index contributed by atoms with van der Waals surface area (Å²) in [6, 6.07) is 15.0. The predicted octanol–water partition coefficient (Wildman–Crippen LogP) is 4.30. The van der Waals surface area contributed by atoms with E-state index < -0.39 is 0 Å². The molecule has 0 saturated carbocycles. The highest BCUT2D eigenvalue weighted by molar-refractivity contribution is 6.07. The monoisotopic (exact) mass is 364 g/mol. The van der Waals surface area contributed by atoms with Gasteiger partial charge < -0.3 is 14.8 Å². The third-order valence-electron chi connectivity index (χ3n) is 4.32. The number of amides is 1. The lowest BCUT2D eigenvalue weighted by Gasteiger charge is -2.14. The molecular weight excluding hydrogens is 340 g/mol. The molecule has 1 heterocycles. The van der Waals surface area contributed by atoms with Crippen molar-refractivity contribution in [2.24, 2.45) is 5.92 Å². The van der Waals surface area contributed by atoms with Gasteiger partial charge in [0.2, 0.25) is 0 Å². The van der Waals surface area contributed by atoms with Gasteiger partial charge in [0.05, 0.1) is 31.0 Å². The molecule has 3 aromatic rings. The number of aromatic nitrogens is 1. The third-order valence-corrected chi connectivity index (χ3v) is 4.32. The third kappa shape index (κ3) is 4.03. The van der Waals surface area contributed by atoms with Crippen LogP contribution in [0.4, 0.5) is 0 Å². The van der Waals surface area contributed by atoms with E-state index in [1.165, 1.54) is 0 Å². The summed E-state index contributed by atoms with van der Waals surface area (Å²) in [4.78, 5) is 17.6. The van der Waals surface area contributed by atoms with Gasteiger partial charge >= 0.3 is 0 Å². The highest BCUT2D eigenvalue weighted by Gasteiger charge is 2.16. The summed E-state index contributed by atoms with van der Waals surface area (Å²) in [5.41, 5.74) is 2.86. The van der Waals surface area contributed by atoms with Gasteiger partial charge in [-0.15, -0.1) is 0 Å². The normalized spacial score (nSPS) is 10.9. The van der Waals surface area contributed by atoms with Crippen molar-refractivity contribution in [3.05, 3.63) is 54.1 Å². The molecule has 27 heavy (non-hydrogen) atoms. The number of hydrogen-bond acceptors (Lipinski definition) is 4. The van der Waals surface area contributed by atoms with Crippen LogP contribution in [0.1, 0.15) is 24.2 Å². The van der Waals surface area contributed by atoms with E-state index in [0.29, 0.717) is 35.2 Å². The summed E-state index contributed by atoms with van der Waals surface area (Å²) >= 11 is 0. The zero-order valence-corrected chi connectivity index (χ0v) is 16.1. The number of carbonyl (C=O) groups excluding carboxylic acids is 1. The first-order valence-corrected chi connectivity index (χ1v) is 8.94. The molecule has 0 aliphatic rings. The molecule has 0 saturated heterocycles. The molecule has 140 valence electrons. The lowest BCUT2D eigenvalue weighted by atomic mass is 10.0. The number of methoxy groups -OCH3 is 2. The highest BCUT2D eigenvalue weighted by atomic mass is 16.5. The van der Waals surface area contributed by atoms with Gasteiger partial charge in [0.25, 0.3) is 5.91 Å². The summed E-state index contributed by atoms with van der Waals surface area (Å²) in [6.45, 7) is 4.76. The average molecular weight is 364 g/mol. The Balaban J connectivity index is 2.14. The van der Waals surface area contributed by atoms with E-state index in [2.05, 4.69) is 19.2 Å². The van der Waals surface area contributed by atoms with E-state index in [1.54, 1.807) is 14.2 Å². The number of rotatable bonds is 6. The van der Waals surface area contributed by atoms with E-state index in [1.807, 2.05) is 48.5 Å². The van der Waals surface area contributed by atoms with Crippen molar-refractivity contribution < 1.29 is 14.3 Å². The standard InChI is InChI=1S/C22H24N2O3/c1-14(2)13-23-22(25)18-12-20(24-19-8-6-5-7-16(18)19)17-10-9-15(26-3)11-21(17)27-4/h5-12,14H,13H2,1-4H3,(H,23,25). The Morgan fingerprint density at radius 2 is 1.85 bits per heavy atom. The van der Waals surface area contributed by atoms with E-state index in [4.69, 9.17) is 14.5 Å². The number of pyridine rings is 1. The van der Waals surface area contributed by atoms with Gasteiger partial charge in [-0.2, -0.15) is 0 Å². The second-order valence-corrected chi connectivity index (χ2v) is 6.74. The molecule has 0 fully saturated rings. The minimum absolute atomic E-state index is 0.101. The van der Waals surface area contributed by atoms with Crippen molar-refractivity contribution in [3.8, 4) is 22.8 Å². The number of hydrogen-bond donors (Lipinski definition) is 1. The van der Waals surface area contributed by atoms with Gasteiger partial charge in [0.1, 0.15) is 11.5 Å². The number of nitrogens with one attached hydrogen (secondary N) is 1. The quantitative estimate of drug-likeness (QED) is 0.708. The Labute approximate surface area is 159 Å². The van der Waals surface area contributed by atoms with Crippen LogP contribution in [0.3, 0.4) is 0 Å². The average Bonchev–Trinajstić information content (AvgIpc) is 2.70. The molecule has 2 aromatic carbocycles. The molecule has 5 nitrogen and oxygen atoms in total. The maximum Gasteiger partial charge on any atom is 0.252 e. The second kappa shape index (κ2) is 8.08. The number of carbonyl (C=O) groups is 1. The number of para-hydroxylation sites is 1. The number of benzene rings is 2. The van der Waals surface area contributed by atoms with E-state index in [9.17, 15) is 4.79 Å². The summed E-state index contributed by atoms with van der Waals surface area (Å²) in [5, 5.41) is 3.83. The second-order valence-electron chi connectivity index (χ2n) is 6.74. The van der Waals surface area contributed by atoms with Gasteiger partial charge in [-0.1, -0.05) is 32.0 Å².